The molecule has 2 aromatic rings. The first-order chi connectivity index (χ1) is 8.16. The van der Waals surface area contributed by atoms with Crippen molar-refractivity contribution in [2.24, 2.45) is 0 Å². The molecule has 0 aliphatic heterocycles. The molecule has 4 nitrogen and oxygen atoms in total. The molecule has 1 N–H and O–H groups in total. The molecule has 0 saturated heterocycles. The Bertz CT molecular complexity index is 510. The normalized spacial score (nSPS) is 12.1. The molecule has 0 unspecified atom stereocenters. The second-order valence-corrected chi connectivity index (χ2v) is 4.02. The molecule has 0 bridgehead atoms. The molecule has 1 aromatic heterocycles. The number of benzene rings is 1. The minimum atomic E-state index is -0.742. The fourth-order valence-corrected chi connectivity index (χ4v) is 1.59. The Morgan fingerprint density at radius 1 is 1.41 bits per heavy atom. The summed E-state index contributed by atoms with van der Waals surface area (Å²) in [4.78, 5) is 11.8. The molecular formula is C12H11ClN2O2. The summed E-state index contributed by atoms with van der Waals surface area (Å²) >= 11 is 6.04. The van der Waals surface area contributed by atoms with Crippen LogP contribution in [0.5, 0.6) is 0 Å². The molecule has 0 aliphatic rings. The number of nitrogens with zero attached hydrogens (tertiary/aromatic N) is 1. The van der Waals surface area contributed by atoms with Crippen LogP contribution in [0.2, 0.25) is 0 Å². The first kappa shape index (κ1) is 11.7. The molecule has 2 rings (SSSR count). The molecule has 1 atom stereocenters. The zero-order chi connectivity index (χ0) is 12.3. The summed E-state index contributed by atoms with van der Waals surface area (Å²) in [6.07, 6.45) is 0. The van der Waals surface area contributed by atoms with E-state index in [1.54, 1.807) is 25.1 Å². The first-order valence-electron chi connectivity index (χ1n) is 5.10. The fraction of sp³-hybridized carbons (Fsp3) is 0.167. The van der Waals surface area contributed by atoms with E-state index in [0.717, 1.165) is 5.56 Å². The van der Waals surface area contributed by atoms with Crippen LogP contribution in [0, 0.1) is 6.92 Å². The zero-order valence-electron chi connectivity index (χ0n) is 9.18. The fourth-order valence-electron chi connectivity index (χ4n) is 1.39. The van der Waals surface area contributed by atoms with Crippen LogP contribution in [-0.4, -0.2) is 11.1 Å². The van der Waals surface area contributed by atoms with Crippen molar-refractivity contribution in [3.63, 3.8) is 0 Å². The predicted molar refractivity (Wildman–Crippen MR) is 64.9 cm³/mol. The number of anilines is 1. The first-order valence-corrected chi connectivity index (χ1v) is 5.53. The highest BCUT2D eigenvalue weighted by molar-refractivity contribution is 6.32. The minimum absolute atomic E-state index is 0.328. The molecular weight excluding hydrogens is 240 g/mol. The molecule has 5 heteroatoms. The van der Waals surface area contributed by atoms with Gasteiger partial charge >= 0.3 is 0 Å². The van der Waals surface area contributed by atoms with Gasteiger partial charge in [-0.1, -0.05) is 35.5 Å². The molecule has 0 aliphatic carbocycles. The van der Waals surface area contributed by atoms with E-state index in [0.29, 0.717) is 11.6 Å². The van der Waals surface area contributed by atoms with Crippen molar-refractivity contribution in [3.8, 4) is 0 Å². The van der Waals surface area contributed by atoms with E-state index < -0.39 is 5.38 Å². The van der Waals surface area contributed by atoms with E-state index in [2.05, 4.69) is 10.5 Å². The van der Waals surface area contributed by atoms with E-state index >= 15 is 0 Å². The highest BCUT2D eigenvalue weighted by Crippen LogP contribution is 2.21. The molecule has 88 valence electrons. The van der Waals surface area contributed by atoms with Crippen LogP contribution in [0.4, 0.5) is 5.82 Å². The van der Waals surface area contributed by atoms with Gasteiger partial charge in [0, 0.05) is 6.07 Å². The van der Waals surface area contributed by atoms with Crippen LogP contribution in [0.15, 0.2) is 40.9 Å². The Balaban J connectivity index is 2.06. The second kappa shape index (κ2) is 5.01. The zero-order valence-corrected chi connectivity index (χ0v) is 9.94. The average molecular weight is 251 g/mol. The van der Waals surface area contributed by atoms with Gasteiger partial charge in [0.1, 0.15) is 11.1 Å². The van der Waals surface area contributed by atoms with Gasteiger partial charge in [-0.05, 0) is 12.5 Å². The Morgan fingerprint density at radius 2 is 2.12 bits per heavy atom. The monoisotopic (exact) mass is 250 g/mol. The molecule has 0 fully saturated rings. The summed E-state index contributed by atoms with van der Waals surface area (Å²) in [6.45, 7) is 1.75. The molecule has 0 radical (unpaired) electrons. The lowest BCUT2D eigenvalue weighted by Crippen LogP contribution is -2.17. The Morgan fingerprint density at radius 3 is 2.71 bits per heavy atom. The predicted octanol–water partition coefficient (Wildman–Crippen LogP) is 2.90. The van der Waals surface area contributed by atoms with E-state index in [4.69, 9.17) is 16.1 Å². The Hall–Kier alpha value is -1.81. The standard InChI is InChI=1S/C12H11ClN2O2/c1-8-7-10(15-17-8)14-12(16)11(13)9-5-3-2-4-6-9/h2-7,11H,1H3,(H,14,15,16)/t11-/m0/s1. The Kier molecular flexibility index (Phi) is 3.44. The molecule has 0 spiro atoms. The van der Waals surface area contributed by atoms with Crippen molar-refractivity contribution in [2.45, 2.75) is 12.3 Å². The summed E-state index contributed by atoms with van der Waals surface area (Å²) in [5.74, 6) is 0.673. The maximum absolute atomic E-state index is 11.8. The second-order valence-electron chi connectivity index (χ2n) is 3.59. The number of aryl methyl sites for hydroxylation is 1. The van der Waals surface area contributed by atoms with Crippen LogP contribution in [0.25, 0.3) is 0 Å². The summed E-state index contributed by atoms with van der Waals surface area (Å²) in [5, 5.41) is 5.51. The third-order valence-corrected chi connectivity index (χ3v) is 2.65. The van der Waals surface area contributed by atoms with Crippen molar-refractivity contribution in [2.75, 3.05) is 5.32 Å². The summed E-state index contributed by atoms with van der Waals surface area (Å²) < 4.78 is 4.84. The number of alkyl halides is 1. The maximum atomic E-state index is 11.8. The highest BCUT2D eigenvalue weighted by Gasteiger charge is 2.18. The number of aromatic nitrogens is 1. The third kappa shape index (κ3) is 2.85. The molecule has 1 heterocycles. The van der Waals surface area contributed by atoms with Gasteiger partial charge in [0.15, 0.2) is 5.82 Å². The van der Waals surface area contributed by atoms with Crippen molar-refractivity contribution < 1.29 is 9.32 Å². The lowest BCUT2D eigenvalue weighted by atomic mass is 10.1. The SMILES string of the molecule is Cc1cc(NC(=O)[C@@H](Cl)c2ccccc2)no1. The number of carbonyl (C=O) groups is 1. The lowest BCUT2D eigenvalue weighted by Gasteiger charge is -2.08. The summed E-state index contributed by atoms with van der Waals surface area (Å²) in [6, 6.07) is 10.8. The van der Waals surface area contributed by atoms with Crippen molar-refractivity contribution in [3.05, 3.63) is 47.7 Å². The van der Waals surface area contributed by atoms with E-state index in [9.17, 15) is 4.79 Å². The van der Waals surface area contributed by atoms with Gasteiger partial charge in [-0.2, -0.15) is 0 Å². The summed E-state index contributed by atoms with van der Waals surface area (Å²) in [7, 11) is 0. The van der Waals surface area contributed by atoms with Crippen LogP contribution < -0.4 is 5.32 Å². The number of rotatable bonds is 3. The van der Waals surface area contributed by atoms with Gasteiger partial charge in [0.25, 0.3) is 0 Å². The minimum Gasteiger partial charge on any atom is -0.360 e. The number of hydrogen-bond donors (Lipinski definition) is 1. The Labute approximate surface area is 104 Å². The number of carbonyl (C=O) groups excluding carboxylic acids is 1. The topological polar surface area (TPSA) is 55.1 Å². The van der Waals surface area contributed by atoms with Gasteiger partial charge in [0.05, 0.1) is 0 Å². The highest BCUT2D eigenvalue weighted by atomic mass is 35.5. The van der Waals surface area contributed by atoms with Crippen LogP contribution in [0.1, 0.15) is 16.7 Å². The van der Waals surface area contributed by atoms with Crippen molar-refractivity contribution >= 4 is 23.3 Å². The smallest absolute Gasteiger partial charge is 0.248 e. The largest absolute Gasteiger partial charge is 0.360 e. The van der Waals surface area contributed by atoms with Gasteiger partial charge in [-0.25, -0.2) is 0 Å². The van der Waals surface area contributed by atoms with Crippen LogP contribution in [0.3, 0.4) is 0 Å². The van der Waals surface area contributed by atoms with E-state index in [1.165, 1.54) is 0 Å². The molecule has 1 amide bonds. The van der Waals surface area contributed by atoms with Gasteiger partial charge < -0.3 is 9.84 Å². The lowest BCUT2D eigenvalue weighted by molar-refractivity contribution is -0.116. The molecule has 0 saturated carbocycles. The number of nitrogens with one attached hydrogen (secondary N) is 1. The van der Waals surface area contributed by atoms with Crippen LogP contribution in [-0.2, 0) is 4.79 Å². The van der Waals surface area contributed by atoms with Gasteiger partial charge in [-0.15, -0.1) is 11.6 Å². The summed E-state index contributed by atoms with van der Waals surface area (Å²) in [5.41, 5.74) is 0.742. The van der Waals surface area contributed by atoms with E-state index in [1.807, 2.05) is 18.2 Å². The quantitative estimate of drug-likeness (QED) is 0.853. The van der Waals surface area contributed by atoms with Crippen LogP contribution >= 0.6 is 11.6 Å². The van der Waals surface area contributed by atoms with E-state index in [-0.39, 0.29) is 5.91 Å². The number of halogens is 1. The maximum Gasteiger partial charge on any atom is 0.248 e. The van der Waals surface area contributed by atoms with Crippen molar-refractivity contribution in [1.29, 1.82) is 0 Å². The van der Waals surface area contributed by atoms with Gasteiger partial charge in [0.2, 0.25) is 5.91 Å². The number of amides is 1. The third-order valence-electron chi connectivity index (χ3n) is 2.20. The average Bonchev–Trinajstić information content (AvgIpc) is 2.75. The number of hydrogen-bond acceptors (Lipinski definition) is 3. The van der Waals surface area contributed by atoms with Crippen molar-refractivity contribution in [1.82, 2.24) is 5.16 Å². The molecule has 17 heavy (non-hydrogen) atoms. The molecule has 1 aromatic carbocycles. The van der Waals surface area contributed by atoms with Gasteiger partial charge in [-0.3, -0.25) is 4.79 Å².